The van der Waals surface area contributed by atoms with E-state index >= 15 is 0 Å². The molecule has 0 unspecified atom stereocenters. The van der Waals surface area contributed by atoms with E-state index in [0.29, 0.717) is 0 Å². The fraction of sp³-hybridized carbons (Fsp3) is 0.333. The molecule has 144 valence electrons. The van der Waals surface area contributed by atoms with Gasteiger partial charge in [-0.05, 0) is 49.9 Å². The number of nitrogens with one attached hydrogen (secondary N) is 1. The van der Waals surface area contributed by atoms with Crippen molar-refractivity contribution in [2.24, 2.45) is 0 Å². The summed E-state index contributed by atoms with van der Waals surface area (Å²) in [6.07, 6.45) is 4.81. The van der Waals surface area contributed by atoms with E-state index in [-0.39, 0.29) is 23.2 Å². The van der Waals surface area contributed by atoms with Gasteiger partial charge in [-0.3, -0.25) is 10.1 Å². The third-order valence-electron chi connectivity index (χ3n) is 4.39. The zero-order valence-electron chi connectivity index (χ0n) is 14.6. The molecule has 1 saturated carbocycles. The zero-order chi connectivity index (χ0) is 19.6. The Morgan fingerprint density at radius 2 is 1.93 bits per heavy atom. The maximum Gasteiger partial charge on any atom is 0.311 e. The standard InChI is InChI=1S/C18H19FN2O5S/c1-27(24,25)17-8-4-7-15(18(17)21(22)23)20-12-9-10-16(14(19)11-12)26-13-5-2-3-6-13/h4,7-11,13,20H,2-3,5-6H2,1H3. The number of rotatable bonds is 6. The maximum absolute atomic E-state index is 14.3. The Kier molecular flexibility index (Phi) is 5.31. The fourth-order valence-electron chi connectivity index (χ4n) is 3.13. The van der Waals surface area contributed by atoms with Crippen molar-refractivity contribution in [1.29, 1.82) is 0 Å². The average molecular weight is 394 g/mol. The first-order chi connectivity index (χ1) is 12.8. The van der Waals surface area contributed by atoms with Crippen LogP contribution < -0.4 is 10.1 Å². The van der Waals surface area contributed by atoms with Crippen molar-refractivity contribution in [1.82, 2.24) is 0 Å². The van der Waals surface area contributed by atoms with Gasteiger partial charge >= 0.3 is 5.69 Å². The van der Waals surface area contributed by atoms with Crippen molar-refractivity contribution in [3.8, 4) is 5.75 Å². The van der Waals surface area contributed by atoms with Crippen molar-refractivity contribution >= 4 is 26.9 Å². The summed E-state index contributed by atoms with van der Waals surface area (Å²) in [5.74, 6) is -0.458. The Bertz CT molecular complexity index is 972. The number of sulfone groups is 1. The smallest absolute Gasteiger partial charge is 0.311 e. The van der Waals surface area contributed by atoms with Crippen LogP contribution in [0.1, 0.15) is 25.7 Å². The molecule has 0 saturated heterocycles. The van der Waals surface area contributed by atoms with Gasteiger partial charge in [0.25, 0.3) is 0 Å². The molecule has 2 aromatic carbocycles. The third-order valence-corrected chi connectivity index (χ3v) is 5.52. The molecule has 0 aliphatic heterocycles. The molecule has 0 atom stereocenters. The number of anilines is 2. The predicted molar refractivity (Wildman–Crippen MR) is 98.8 cm³/mol. The first kappa shape index (κ1) is 19.1. The van der Waals surface area contributed by atoms with Crippen LogP contribution in [0.25, 0.3) is 0 Å². The quantitative estimate of drug-likeness (QED) is 0.582. The van der Waals surface area contributed by atoms with Gasteiger partial charge in [0.05, 0.1) is 11.0 Å². The fourth-order valence-corrected chi connectivity index (χ4v) is 3.99. The molecule has 7 nitrogen and oxygen atoms in total. The summed E-state index contributed by atoms with van der Waals surface area (Å²) in [5, 5.41) is 14.1. The molecular weight excluding hydrogens is 375 g/mol. The second kappa shape index (κ2) is 7.51. The van der Waals surface area contributed by atoms with Gasteiger partial charge in [-0.15, -0.1) is 0 Å². The number of nitro groups is 1. The molecular formula is C18H19FN2O5S. The Balaban J connectivity index is 1.89. The molecule has 1 fully saturated rings. The second-order valence-electron chi connectivity index (χ2n) is 6.48. The van der Waals surface area contributed by atoms with Gasteiger partial charge in [0.15, 0.2) is 21.4 Å². The van der Waals surface area contributed by atoms with Crippen LogP contribution in [0.15, 0.2) is 41.3 Å². The van der Waals surface area contributed by atoms with Gasteiger partial charge in [-0.1, -0.05) is 6.07 Å². The Hall–Kier alpha value is -2.68. The van der Waals surface area contributed by atoms with E-state index < -0.39 is 31.2 Å². The van der Waals surface area contributed by atoms with Gasteiger partial charge in [0.1, 0.15) is 10.6 Å². The van der Waals surface area contributed by atoms with Crippen molar-refractivity contribution in [2.75, 3.05) is 11.6 Å². The first-order valence-corrected chi connectivity index (χ1v) is 10.4. The molecule has 3 rings (SSSR count). The Labute approximate surface area is 156 Å². The summed E-state index contributed by atoms with van der Waals surface area (Å²) >= 11 is 0. The van der Waals surface area contributed by atoms with E-state index in [2.05, 4.69) is 5.32 Å². The Morgan fingerprint density at radius 1 is 1.22 bits per heavy atom. The highest BCUT2D eigenvalue weighted by atomic mass is 32.2. The van der Waals surface area contributed by atoms with E-state index in [1.807, 2.05) is 0 Å². The normalized spacial score (nSPS) is 14.9. The molecule has 0 bridgehead atoms. The van der Waals surface area contributed by atoms with Crippen molar-refractivity contribution in [3.63, 3.8) is 0 Å². The van der Waals surface area contributed by atoms with Crippen LogP contribution in [0, 0.1) is 15.9 Å². The highest BCUT2D eigenvalue weighted by molar-refractivity contribution is 7.90. The zero-order valence-corrected chi connectivity index (χ0v) is 15.5. The summed E-state index contributed by atoms with van der Waals surface area (Å²) in [4.78, 5) is 10.2. The summed E-state index contributed by atoms with van der Waals surface area (Å²) in [7, 11) is -3.80. The van der Waals surface area contributed by atoms with Gasteiger partial charge in [0, 0.05) is 18.0 Å². The minimum atomic E-state index is -3.80. The minimum Gasteiger partial charge on any atom is -0.487 e. The number of benzene rings is 2. The molecule has 0 radical (unpaired) electrons. The molecule has 1 aliphatic carbocycles. The number of nitrogens with zero attached hydrogens (tertiary/aromatic N) is 1. The molecule has 1 N–H and O–H groups in total. The van der Waals surface area contributed by atoms with Crippen molar-refractivity contribution in [2.45, 2.75) is 36.7 Å². The molecule has 2 aromatic rings. The second-order valence-corrected chi connectivity index (χ2v) is 8.46. The Morgan fingerprint density at radius 3 is 2.52 bits per heavy atom. The number of nitro benzene ring substituents is 1. The average Bonchev–Trinajstić information content (AvgIpc) is 3.09. The van der Waals surface area contributed by atoms with Crippen LogP contribution in [-0.4, -0.2) is 25.7 Å². The van der Waals surface area contributed by atoms with E-state index in [1.54, 1.807) is 0 Å². The first-order valence-electron chi connectivity index (χ1n) is 8.46. The molecule has 9 heteroatoms. The minimum absolute atomic E-state index is 0.00541. The molecule has 0 spiro atoms. The number of para-hydroxylation sites is 1. The summed E-state index contributed by atoms with van der Waals surface area (Å²) in [5.41, 5.74) is -0.363. The van der Waals surface area contributed by atoms with E-state index in [9.17, 15) is 22.9 Å². The van der Waals surface area contributed by atoms with Crippen LogP contribution >= 0.6 is 0 Å². The SMILES string of the molecule is CS(=O)(=O)c1cccc(Nc2ccc(OC3CCCC3)c(F)c2)c1[N+](=O)[O-]. The molecule has 0 amide bonds. The van der Waals surface area contributed by atoms with Crippen LogP contribution in [0.4, 0.5) is 21.5 Å². The van der Waals surface area contributed by atoms with Crippen LogP contribution in [-0.2, 0) is 9.84 Å². The molecule has 27 heavy (non-hydrogen) atoms. The highest BCUT2D eigenvalue weighted by Gasteiger charge is 2.26. The maximum atomic E-state index is 14.3. The van der Waals surface area contributed by atoms with Gasteiger partial charge in [-0.2, -0.15) is 0 Å². The van der Waals surface area contributed by atoms with Crippen molar-refractivity contribution < 1.29 is 22.5 Å². The van der Waals surface area contributed by atoms with Crippen molar-refractivity contribution in [3.05, 3.63) is 52.3 Å². The number of ether oxygens (including phenoxy) is 1. The van der Waals surface area contributed by atoms with Crippen LogP contribution in [0.2, 0.25) is 0 Å². The highest BCUT2D eigenvalue weighted by Crippen LogP contribution is 2.35. The largest absolute Gasteiger partial charge is 0.487 e. The molecule has 1 aliphatic rings. The van der Waals surface area contributed by atoms with Gasteiger partial charge < -0.3 is 10.1 Å². The number of halogens is 1. The lowest BCUT2D eigenvalue weighted by molar-refractivity contribution is -0.386. The summed E-state index contributed by atoms with van der Waals surface area (Å²) in [6.45, 7) is 0. The van der Waals surface area contributed by atoms with E-state index in [0.717, 1.165) is 38.0 Å². The molecule has 0 aromatic heterocycles. The van der Waals surface area contributed by atoms with E-state index in [1.165, 1.54) is 30.3 Å². The van der Waals surface area contributed by atoms with E-state index in [4.69, 9.17) is 4.74 Å². The third kappa shape index (κ3) is 4.36. The topological polar surface area (TPSA) is 98.5 Å². The predicted octanol–water partition coefficient (Wildman–Crippen LogP) is 4.20. The monoisotopic (exact) mass is 394 g/mol. The lowest BCUT2D eigenvalue weighted by Crippen LogP contribution is -2.12. The number of hydrogen-bond donors (Lipinski definition) is 1. The van der Waals surface area contributed by atoms with Crippen LogP contribution in [0.3, 0.4) is 0 Å². The molecule has 0 heterocycles. The lowest BCUT2D eigenvalue weighted by atomic mass is 10.2. The van der Waals surface area contributed by atoms with Crippen LogP contribution in [0.5, 0.6) is 5.75 Å². The number of hydrogen-bond acceptors (Lipinski definition) is 6. The van der Waals surface area contributed by atoms with Gasteiger partial charge in [-0.25, -0.2) is 12.8 Å². The van der Waals surface area contributed by atoms with Gasteiger partial charge in [0.2, 0.25) is 0 Å². The lowest BCUT2D eigenvalue weighted by Gasteiger charge is -2.15. The summed E-state index contributed by atoms with van der Waals surface area (Å²) < 4.78 is 43.6. The summed E-state index contributed by atoms with van der Waals surface area (Å²) in [6, 6.07) is 8.08.